The van der Waals surface area contributed by atoms with Crippen LogP contribution in [-0.2, 0) is 4.79 Å². The second-order valence-corrected chi connectivity index (χ2v) is 10.9. The molecule has 0 bridgehead atoms. The molecule has 0 atom stereocenters. The number of H-pyrrole nitrogens is 2. The van der Waals surface area contributed by atoms with Crippen molar-refractivity contribution in [2.24, 2.45) is 5.92 Å². The predicted octanol–water partition coefficient (Wildman–Crippen LogP) is 6.48. The van der Waals surface area contributed by atoms with Crippen molar-refractivity contribution in [1.82, 2.24) is 30.1 Å². The number of aromatic amines is 2. The lowest BCUT2D eigenvalue weighted by Crippen LogP contribution is -2.13. The van der Waals surface area contributed by atoms with Crippen molar-refractivity contribution in [2.45, 2.75) is 27.2 Å². The molecule has 9 nitrogen and oxygen atoms in total. The SMILES string of the molecule is CC(=O)c1ccc(-c2cncc3[nH]c(-c4n[nH]c5ccc(-c6cncc(NC(=O)CC(C)C)c6)cc45)nc23)s1. The van der Waals surface area contributed by atoms with Crippen LogP contribution in [0.1, 0.15) is 36.9 Å². The van der Waals surface area contributed by atoms with Gasteiger partial charge in [0.05, 0.1) is 34.0 Å². The van der Waals surface area contributed by atoms with Gasteiger partial charge in [-0.15, -0.1) is 11.3 Å². The summed E-state index contributed by atoms with van der Waals surface area (Å²) in [6.07, 6.45) is 7.38. The average Bonchev–Trinajstić information content (AvgIpc) is 3.65. The van der Waals surface area contributed by atoms with Gasteiger partial charge in [-0.1, -0.05) is 19.9 Å². The quantitative estimate of drug-likeness (QED) is 0.201. The van der Waals surface area contributed by atoms with Crippen LogP contribution >= 0.6 is 11.3 Å². The Morgan fingerprint density at radius 2 is 1.82 bits per heavy atom. The summed E-state index contributed by atoms with van der Waals surface area (Å²) in [6.45, 7) is 5.59. The molecule has 194 valence electrons. The van der Waals surface area contributed by atoms with Crippen LogP contribution in [0.3, 0.4) is 0 Å². The Morgan fingerprint density at radius 1 is 0.974 bits per heavy atom. The largest absolute Gasteiger partial charge is 0.335 e. The number of fused-ring (bicyclic) bond motifs is 2. The van der Waals surface area contributed by atoms with E-state index in [0.29, 0.717) is 28.5 Å². The van der Waals surface area contributed by atoms with Crippen LogP contribution in [0.2, 0.25) is 0 Å². The zero-order chi connectivity index (χ0) is 27.1. The van der Waals surface area contributed by atoms with Crippen molar-refractivity contribution in [2.75, 3.05) is 5.32 Å². The minimum absolute atomic E-state index is 0.0321. The molecule has 6 aromatic rings. The van der Waals surface area contributed by atoms with E-state index < -0.39 is 0 Å². The van der Waals surface area contributed by atoms with Crippen molar-refractivity contribution in [3.63, 3.8) is 0 Å². The number of hydrogen-bond acceptors (Lipinski definition) is 7. The van der Waals surface area contributed by atoms with E-state index in [1.165, 1.54) is 11.3 Å². The van der Waals surface area contributed by atoms with Gasteiger partial charge in [0.15, 0.2) is 11.6 Å². The first-order valence-electron chi connectivity index (χ1n) is 12.5. The standard InChI is InChI=1S/C29H25N7O2S/c1-15(2)8-26(38)32-19-9-18(11-30-12-19)17-4-5-22-20(10-17)28(36-35-22)29-33-23-14-31-13-21(27(23)34-29)25-7-6-24(39-25)16(3)37/h4-7,9-15H,8H2,1-3H3,(H,32,38)(H,33,34)(H,35,36). The summed E-state index contributed by atoms with van der Waals surface area (Å²) in [7, 11) is 0. The lowest BCUT2D eigenvalue weighted by atomic mass is 10.0. The Bertz CT molecular complexity index is 1860. The molecule has 6 rings (SSSR count). The number of nitrogens with one attached hydrogen (secondary N) is 3. The third-order valence-corrected chi connectivity index (χ3v) is 7.57. The normalized spacial score (nSPS) is 11.5. The molecule has 0 aliphatic heterocycles. The van der Waals surface area contributed by atoms with Crippen molar-refractivity contribution >= 4 is 50.7 Å². The van der Waals surface area contributed by atoms with E-state index in [-0.39, 0.29) is 17.6 Å². The van der Waals surface area contributed by atoms with Gasteiger partial charge >= 0.3 is 0 Å². The fourth-order valence-corrected chi connectivity index (χ4v) is 5.43. The number of rotatable bonds is 7. The highest BCUT2D eigenvalue weighted by Gasteiger charge is 2.17. The molecule has 5 aromatic heterocycles. The molecule has 0 aliphatic rings. The van der Waals surface area contributed by atoms with Crippen molar-refractivity contribution < 1.29 is 9.59 Å². The number of benzene rings is 1. The van der Waals surface area contributed by atoms with Gasteiger partial charge < -0.3 is 10.3 Å². The maximum Gasteiger partial charge on any atom is 0.224 e. The van der Waals surface area contributed by atoms with Crippen molar-refractivity contribution in [3.05, 3.63) is 66.1 Å². The van der Waals surface area contributed by atoms with E-state index in [1.54, 1.807) is 31.7 Å². The fourth-order valence-electron chi connectivity index (χ4n) is 4.52. The average molecular weight is 536 g/mol. The van der Waals surface area contributed by atoms with E-state index in [9.17, 15) is 9.59 Å². The van der Waals surface area contributed by atoms with Gasteiger partial charge in [0.2, 0.25) is 5.91 Å². The fraction of sp³-hybridized carbons (Fsp3) is 0.172. The van der Waals surface area contributed by atoms with E-state index in [4.69, 9.17) is 4.98 Å². The number of imidazole rings is 1. The van der Waals surface area contributed by atoms with E-state index in [1.807, 2.05) is 50.2 Å². The number of ketones is 1. The molecule has 0 saturated heterocycles. The second kappa shape index (κ2) is 9.88. The number of thiophene rings is 1. The highest BCUT2D eigenvalue weighted by atomic mass is 32.1. The summed E-state index contributed by atoms with van der Waals surface area (Å²) in [5.74, 6) is 0.886. The zero-order valence-corrected chi connectivity index (χ0v) is 22.4. The van der Waals surface area contributed by atoms with Gasteiger partial charge in [-0.3, -0.25) is 24.7 Å². The molecular weight excluding hydrogens is 510 g/mol. The molecule has 1 amide bonds. The molecule has 0 saturated carbocycles. The van der Waals surface area contributed by atoms with Gasteiger partial charge in [0, 0.05) is 40.2 Å². The van der Waals surface area contributed by atoms with Gasteiger partial charge in [-0.25, -0.2) is 4.98 Å². The van der Waals surface area contributed by atoms with Crippen LogP contribution in [-0.4, -0.2) is 41.8 Å². The molecule has 0 spiro atoms. The lowest BCUT2D eigenvalue weighted by Gasteiger charge is -2.09. The zero-order valence-electron chi connectivity index (χ0n) is 21.6. The molecule has 1 aromatic carbocycles. The topological polar surface area (TPSA) is 129 Å². The number of nitrogens with zero attached hydrogens (tertiary/aromatic N) is 4. The molecule has 5 heterocycles. The number of amides is 1. The number of pyridine rings is 2. The summed E-state index contributed by atoms with van der Waals surface area (Å²) in [4.78, 5) is 42.7. The van der Waals surface area contributed by atoms with E-state index in [2.05, 4.69) is 30.5 Å². The third kappa shape index (κ3) is 4.82. The summed E-state index contributed by atoms with van der Waals surface area (Å²) in [6, 6.07) is 11.7. The Kier molecular flexibility index (Phi) is 6.24. The smallest absolute Gasteiger partial charge is 0.224 e. The van der Waals surface area contributed by atoms with Gasteiger partial charge in [-0.2, -0.15) is 5.10 Å². The summed E-state index contributed by atoms with van der Waals surface area (Å²) < 4.78 is 0. The predicted molar refractivity (Wildman–Crippen MR) is 154 cm³/mol. The molecule has 0 unspecified atom stereocenters. The number of hydrogen-bond donors (Lipinski definition) is 3. The first-order chi connectivity index (χ1) is 18.9. The van der Waals surface area contributed by atoms with Gasteiger partial charge in [-0.05, 0) is 48.7 Å². The van der Waals surface area contributed by atoms with E-state index in [0.717, 1.165) is 43.5 Å². The van der Waals surface area contributed by atoms with Crippen LogP contribution in [0.15, 0.2) is 61.2 Å². The van der Waals surface area contributed by atoms with Crippen LogP contribution in [0, 0.1) is 5.92 Å². The maximum absolute atomic E-state index is 12.3. The minimum Gasteiger partial charge on any atom is -0.335 e. The Hall–Kier alpha value is -4.70. The van der Waals surface area contributed by atoms with Crippen LogP contribution < -0.4 is 5.32 Å². The second-order valence-electron chi connectivity index (χ2n) is 9.83. The van der Waals surface area contributed by atoms with Crippen LogP contribution in [0.25, 0.3) is 55.0 Å². The highest BCUT2D eigenvalue weighted by Crippen LogP contribution is 2.35. The summed E-state index contributed by atoms with van der Waals surface area (Å²) in [5, 5.41) is 11.5. The van der Waals surface area contributed by atoms with Crippen LogP contribution in [0.4, 0.5) is 5.69 Å². The number of carbonyl (C=O) groups excluding carboxylic acids is 2. The summed E-state index contributed by atoms with van der Waals surface area (Å²) in [5.41, 5.74) is 6.41. The first-order valence-corrected chi connectivity index (χ1v) is 13.4. The highest BCUT2D eigenvalue weighted by molar-refractivity contribution is 7.17. The van der Waals surface area contributed by atoms with Gasteiger partial charge in [0.1, 0.15) is 11.2 Å². The van der Waals surface area contributed by atoms with Crippen molar-refractivity contribution in [1.29, 1.82) is 0 Å². The number of aromatic nitrogens is 6. The maximum atomic E-state index is 12.3. The van der Waals surface area contributed by atoms with Crippen LogP contribution in [0.5, 0.6) is 0 Å². The minimum atomic E-state index is -0.0321. The first kappa shape index (κ1) is 24.6. The molecule has 39 heavy (non-hydrogen) atoms. The van der Waals surface area contributed by atoms with E-state index >= 15 is 0 Å². The number of carbonyl (C=O) groups is 2. The van der Waals surface area contributed by atoms with Gasteiger partial charge in [0.25, 0.3) is 0 Å². The van der Waals surface area contributed by atoms with Crippen molar-refractivity contribution in [3.8, 4) is 33.1 Å². The Labute approximate surface area is 227 Å². The Morgan fingerprint density at radius 3 is 2.62 bits per heavy atom. The molecule has 0 fully saturated rings. The molecule has 0 radical (unpaired) electrons. The monoisotopic (exact) mass is 535 g/mol. The molecule has 10 heteroatoms. The molecular formula is C29H25N7O2S. The number of Topliss-reactive ketones (excluding diaryl/α,β-unsaturated/α-hetero) is 1. The lowest BCUT2D eigenvalue weighted by molar-refractivity contribution is -0.116. The number of anilines is 1. The third-order valence-electron chi connectivity index (χ3n) is 6.35. The molecule has 0 aliphatic carbocycles. The molecule has 3 N–H and O–H groups in total. The summed E-state index contributed by atoms with van der Waals surface area (Å²) >= 11 is 1.43. The Balaban J connectivity index is 1.37.